The van der Waals surface area contributed by atoms with E-state index in [0.29, 0.717) is 29.0 Å². The van der Waals surface area contributed by atoms with Crippen LogP contribution in [0.1, 0.15) is 47.9 Å². The Bertz CT molecular complexity index is 896. The summed E-state index contributed by atoms with van der Waals surface area (Å²) in [5.74, 6) is 0.779. The predicted molar refractivity (Wildman–Crippen MR) is 92.9 cm³/mol. The molecule has 0 radical (unpaired) electrons. The van der Waals surface area contributed by atoms with E-state index in [0.717, 1.165) is 5.56 Å². The van der Waals surface area contributed by atoms with Crippen molar-refractivity contribution in [2.75, 3.05) is 0 Å². The maximum atomic E-state index is 12.6. The van der Waals surface area contributed by atoms with Crippen LogP contribution >= 0.6 is 0 Å². The van der Waals surface area contributed by atoms with Gasteiger partial charge < -0.3 is 24.8 Å². The van der Waals surface area contributed by atoms with Crippen molar-refractivity contribution in [2.24, 2.45) is 0 Å². The van der Waals surface area contributed by atoms with Crippen LogP contribution in [0.25, 0.3) is 0 Å². The Morgan fingerprint density at radius 1 is 1.08 bits per heavy atom. The van der Waals surface area contributed by atoms with Crippen molar-refractivity contribution in [2.45, 2.75) is 44.5 Å². The molecule has 2 aromatic rings. The topological polar surface area (TPSA) is 96.2 Å². The van der Waals surface area contributed by atoms with Crippen LogP contribution in [0.3, 0.4) is 0 Å². The van der Waals surface area contributed by atoms with Crippen LogP contribution in [0.15, 0.2) is 30.3 Å². The quantitative estimate of drug-likeness (QED) is 0.766. The molecule has 0 bridgehead atoms. The molecule has 2 atom stereocenters. The first-order valence-electron chi connectivity index (χ1n) is 8.50. The predicted octanol–water partition coefficient (Wildman–Crippen LogP) is 2.88. The molecule has 0 fully saturated rings. The van der Waals surface area contributed by atoms with Gasteiger partial charge in [0.1, 0.15) is 35.2 Å². The molecule has 0 aliphatic carbocycles. The van der Waals surface area contributed by atoms with E-state index >= 15 is 0 Å². The van der Waals surface area contributed by atoms with Gasteiger partial charge in [-0.15, -0.1) is 0 Å². The number of Topliss-reactive ketones (excluding diaryl/α,β-unsaturated/α-hetero) is 1. The lowest BCUT2D eigenvalue weighted by molar-refractivity contribution is -0.0229. The van der Waals surface area contributed by atoms with E-state index in [9.17, 15) is 20.1 Å². The standard InChI is InChI=1S/C20H20O6/c1-20(2,24)18-8-13-16(25-18)6-5-12-15(23)9-17(26-19(12)13)11-4-3-10(21)7-14(11)22/h3-7,17-18,21-22,24H,8-9H2,1-2H3/t17-,18+/m0/s1. The molecule has 0 aromatic heterocycles. The van der Waals surface area contributed by atoms with E-state index in [-0.39, 0.29) is 23.7 Å². The normalized spacial score (nSPS) is 21.6. The number of fused-ring (bicyclic) bond motifs is 3. The van der Waals surface area contributed by atoms with Gasteiger partial charge in [0, 0.05) is 23.6 Å². The number of benzene rings is 2. The van der Waals surface area contributed by atoms with Crippen molar-refractivity contribution < 1.29 is 29.6 Å². The Balaban J connectivity index is 1.73. The van der Waals surface area contributed by atoms with Gasteiger partial charge in [0.2, 0.25) is 0 Å². The summed E-state index contributed by atoms with van der Waals surface area (Å²) in [5.41, 5.74) is 0.653. The number of carbonyl (C=O) groups excluding carboxylic acids is 1. The number of aromatic hydroxyl groups is 2. The minimum absolute atomic E-state index is 0.0592. The maximum Gasteiger partial charge on any atom is 0.170 e. The lowest BCUT2D eigenvalue weighted by atomic mass is 9.91. The van der Waals surface area contributed by atoms with Crippen molar-refractivity contribution in [3.63, 3.8) is 0 Å². The van der Waals surface area contributed by atoms with E-state index in [2.05, 4.69) is 0 Å². The zero-order chi connectivity index (χ0) is 18.6. The Hall–Kier alpha value is -2.73. The summed E-state index contributed by atoms with van der Waals surface area (Å²) in [6, 6.07) is 7.63. The lowest BCUT2D eigenvalue weighted by Crippen LogP contribution is -2.39. The second kappa shape index (κ2) is 5.64. The molecule has 0 spiro atoms. The third kappa shape index (κ3) is 2.66. The SMILES string of the molecule is CC(C)(O)[C@H]1Cc2c(ccc3c2O[C@H](c2ccc(O)cc2O)CC3=O)O1. The Morgan fingerprint density at radius 3 is 2.54 bits per heavy atom. The first-order chi connectivity index (χ1) is 12.2. The van der Waals surface area contributed by atoms with Gasteiger partial charge in [0.25, 0.3) is 0 Å². The van der Waals surface area contributed by atoms with Crippen molar-refractivity contribution in [3.05, 3.63) is 47.0 Å². The van der Waals surface area contributed by atoms with Crippen LogP contribution in [-0.2, 0) is 6.42 Å². The van der Waals surface area contributed by atoms with Crippen molar-refractivity contribution in [1.29, 1.82) is 0 Å². The average Bonchev–Trinajstić information content (AvgIpc) is 2.99. The maximum absolute atomic E-state index is 12.6. The lowest BCUT2D eigenvalue weighted by Gasteiger charge is -2.27. The third-order valence-corrected chi connectivity index (χ3v) is 4.96. The number of ketones is 1. The highest BCUT2D eigenvalue weighted by Crippen LogP contribution is 2.46. The first kappa shape index (κ1) is 16.7. The van der Waals surface area contributed by atoms with Gasteiger partial charge in [-0.25, -0.2) is 0 Å². The highest BCUT2D eigenvalue weighted by Gasteiger charge is 2.40. The van der Waals surface area contributed by atoms with E-state index in [1.807, 2.05) is 0 Å². The zero-order valence-electron chi connectivity index (χ0n) is 14.5. The number of ether oxygens (including phenoxy) is 2. The average molecular weight is 356 g/mol. The summed E-state index contributed by atoms with van der Waals surface area (Å²) >= 11 is 0. The molecule has 2 heterocycles. The van der Waals surface area contributed by atoms with Crippen molar-refractivity contribution >= 4 is 5.78 Å². The summed E-state index contributed by atoms with van der Waals surface area (Å²) in [5, 5.41) is 29.8. The Labute approximate surface area is 150 Å². The summed E-state index contributed by atoms with van der Waals surface area (Å²) in [4.78, 5) is 12.6. The van der Waals surface area contributed by atoms with Gasteiger partial charge in [-0.2, -0.15) is 0 Å². The van der Waals surface area contributed by atoms with E-state index < -0.39 is 17.8 Å². The zero-order valence-corrected chi connectivity index (χ0v) is 14.5. The number of aliphatic hydroxyl groups is 1. The van der Waals surface area contributed by atoms with E-state index in [4.69, 9.17) is 9.47 Å². The number of phenolic OH excluding ortho intramolecular Hbond substituents is 2. The van der Waals surface area contributed by atoms with Gasteiger partial charge in [-0.05, 0) is 38.1 Å². The fraction of sp³-hybridized carbons (Fsp3) is 0.350. The van der Waals surface area contributed by atoms with Gasteiger partial charge in [0.05, 0.1) is 17.6 Å². The van der Waals surface area contributed by atoms with Crippen LogP contribution in [0.5, 0.6) is 23.0 Å². The fourth-order valence-electron chi connectivity index (χ4n) is 3.48. The molecule has 3 N–H and O–H groups in total. The van der Waals surface area contributed by atoms with Crippen LogP contribution in [0.4, 0.5) is 0 Å². The number of carbonyl (C=O) groups is 1. The Morgan fingerprint density at radius 2 is 1.85 bits per heavy atom. The monoisotopic (exact) mass is 356 g/mol. The smallest absolute Gasteiger partial charge is 0.170 e. The molecule has 4 rings (SSSR count). The molecular formula is C20H20O6. The molecule has 2 aromatic carbocycles. The number of phenols is 2. The van der Waals surface area contributed by atoms with Gasteiger partial charge >= 0.3 is 0 Å². The molecule has 2 aliphatic heterocycles. The largest absolute Gasteiger partial charge is 0.508 e. The minimum atomic E-state index is -1.03. The number of hydrogen-bond acceptors (Lipinski definition) is 6. The highest BCUT2D eigenvalue weighted by atomic mass is 16.5. The Kier molecular flexibility index (Phi) is 3.63. The van der Waals surface area contributed by atoms with Gasteiger partial charge in [0.15, 0.2) is 5.78 Å². The van der Waals surface area contributed by atoms with E-state index in [1.165, 1.54) is 12.1 Å². The molecule has 26 heavy (non-hydrogen) atoms. The second-order valence-electron chi connectivity index (χ2n) is 7.36. The number of rotatable bonds is 2. The third-order valence-electron chi connectivity index (χ3n) is 4.96. The molecule has 136 valence electrons. The molecular weight excluding hydrogens is 336 g/mol. The summed E-state index contributed by atoms with van der Waals surface area (Å²) in [6.07, 6.45) is -0.544. The summed E-state index contributed by atoms with van der Waals surface area (Å²) < 4.78 is 11.9. The molecule has 0 saturated heterocycles. The van der Waals surface area contributed by atoms with Crippen molar-refractivity contribution in [1.82, 2.24) is 0 Å². The molecule has 6 heteroatoms. The van der Waals surface area contributed by atoms with Crippen molar-refractivity contribution in [3.8, 4) is 23.0 Å². The molecule has 0 saturated carbocycles. The minimum Gasteiger partial charge on any atom is -0.508 e. The molecule has 0 amide bonds. The summed E-state index contributed by atoms with van der Waals surface area (Å²) in [6.45, 7) is 3.36. The van der Waals surface area contributed by atoms with E-state index in [1.54, 1.807) is 32.0 Å². The molecule has 0 unspecified atom stereocenters. The molecule has 2 aliphatic rings. The highest BCUT2D eigenvalue weighted by molar-refractivity contribution is 6.01. The number of hydrogen-bond donors (Lipinski definition) is 3. The van der Waals surface area contributed by atoms with Gasteiger partial charge in [-0.1, -0.05) is 0 Å². The van der Waals surface area contributed by atoms with Gasteiger partial charge in [-0.3, -0.25) is 4.79 Å². The van der Waals surface area contributed by atoms with Crippen LogP contribution in [-0.4, -0.2) is 32.8 Å². The first-order valence-corrected chi connectivity index (χ1v) is 8.50. The van der Waals surface area contributed by atoms with Crippen LogP contribution in [0.2, 0.25) is 0 Å². The van der Waals surface area contributed by atoms with Crippen LogP contribution < -0.4 is 9.47 Å². The van der Waals surface area contributed by atoms with Crippen LogP contribution in [0, 0.1) is 0 Å². The fourth-order valence-corrected chi connectivity index (χ4v) is 3.48. The second-order valence-corrected chi connectivity index (χ2v) is 7.36. The molecule has 6 nitrogen and oxygen atoms in total. The summed E-state index contributed by atoms with van der Waals surface area (Å²) in [7, 11) is 0.